The largest absolute Gasteiger partial charge is 0.494 e. The van der Waals surface area contributed by atoms with Gasteiger partial charge in [0.25, 0.3) is 0 Å². The number of benzene rings is 2. The lowest BCUT2D eigenvalue weighted by molar-refractivity contribution is 0.120. The summed E-state index contributed by atoms with van der Waals surface area (Å²) in [6.45, 7) is 1.40. The van der Waals surface area contributed by atoms with Crippen LogP contribution >= 0.6 is 0 Å². The highest BCUT2D eigenvalue weighted by atomic mass is 19.1. The number of methoxy groups -OCH3 is 1. The van der Waals surface area contributed by atoms with Gasteiger partial charge in [-0.1, -0.05) is 18.2 Å². The van der Waals surface area contributed by atoms with E-state index in [1.54, 1.807) is 18.2 Å². The molecule has 0 bridgehead atoms. The molecule has 0 spiro atoms. The lowest BCUT2D eigenvalue weighted by Gasteiger charge is -2.15. The van der Waals surface area contributed by atoms with Gasteiger partial charge in [-0.3, -0.25) is 0 Å². The summed E-state index contributed by atoms with van der Waals surface area (Å²) in [4.78, 5) is 0. The van der Waals surface area contributed by atoms with Crippen LogP contribution in [0.2, 0.25) is 0 Å². The van der Waals surface area contributed by atoms with E-state index in [9.17, 15) is 9.50 Å². The quantitative estimate of drug-likeness (QED) is 0.827. The summed E-state index contributed by atoms with van der Waals surface area (Å²) in [6.07, 6.45) is 0. The van der Waals surface area contributed by atoms with Crippen molar-refractivity contribution in [3.63, 3.8) is 0 Å². The minimum absolute atomic E-state index is 0.169. The van der Waals surface area contributed by atoms with Crippen LogP contribution in [-0.2, 0) is 5.60 Å². The average Bonchev–Trinajstić information content (AvgIpc) is 2.39. The highest BCUT2D eigenvalue weighted by Gasteiger charge is 2.22. The van der Waals surface area contributed by atoms with Crippen LogP contribution in [0.15, 0.2) is 30.3 Å². The number of halogens is 1. The van der Waals surface area contributed by atoms with Gasteiger partial charge in [-0.25, -0.2) is 4.39 Å². The molecule has 0 fully saturated rings. The summed E-state index contributed by atoms with van der Waals surface area (Å²) >= 11 is 0. The molecule has 2 aromatic rings. The zero-order valence-corrected chi connectivity index (χ0v) is 10.1. The zero-order chi connectivity index (χ0) is 13.3. The second-order valence-corrected chi connectivity index (χ2v) is 4.20. The number of hydrogen-bond donors (Lipinski definition) is 1. The topological polar surface area (TPSA) is 53.2 Å². The van der Waals surface area contributed by atoms with Gasteiger partial charge in [-0.15, -0.1) is 0 Å². The monoisotopic (exact) mass is 245 g/mol. The number of aliphatic hydroxyl groups is 1. The SMILES string of the molecule is COc1ccc2cc(C(C)(O)C#N)ccc2c1F. The smallest absolute Gasteiger partial charge is 0.173 e. The van der Waals surface area contributed by atoms with Gasteiger partial charge in [0.2, 0.25) is 0 Å². The van der Waals surface area contributed by atoms with Crippen LogP contribution < -0.4 is 4.74 Å². The van der Waals surface area contributed by atoms with E-state index < -0.39 is 11.4 Å². The average molecular weight is 245 g/mol. The lowest BCUT2D eigenvalue weighted by atomic mass is 9.95. The zero-order valence-electron chi connectivity index (χ0n) is 10.1. The Morgan fingerprint density at radius 2 is 2.06 bits per heavy atom. The molecular weight excluding hydrogens is 233 g/mol. The van der Waals surface area contributed by atoms with Crippen molar-refractivity contribution in [2.24, 2.45) is 0 Å². The Morgan fingerprint density at radius 1 is 1.33 bits per heavy atom. The van der Waals surface area contributed by atoms with Crippen molar-refractivity contribution >= 4 is 10.8 Å². The summed E-state index contributed by atoms with van der Waals surface area (Å²) < 4.78 is 18.8. The first-order chi connectivity index (χ1) is 8.49. The van der Waals surface area contributed by atoms with Crippen molar-refractivity contribution in [3.05, 3.63) is 41.7 Å². The first-order valence-electron chi connectivity index (χ1n) is 5.40. The maximum absolute atomic E-state index is 13.9. The molecule has 4 heteroatoms. The fourth-order valence-corrected chi connectivity index (χ4v) is 1.80. The van der Waals surface area contributed by atoms with E-state index in [-0.39, 0.29) is 5.75 Å². The minimum Gasteiger partial charge on any atom is -0.494 e. The second-order valence-electron chi connectivity index (χ2n) is 4.20. The molecule has 0 aliphatic rings. The standard InChI is InChI=1S/C14H12FNO2/c1-14(17,8-16)10-4-5-11-9(7-10)3-6-12(18-2)13(11)15/h3-7,17H,1-2H3. The molecule has 0 aliphatic heterocycles. The van der Waals surface area contributed by atoms with Crippen LogP contribution in [0, 0.1) is 17.1 Å². The highest BCUT2D eigenvalue weighted by molar-refractivity contribution is 5.85. The molecule has 0 amide bonds. The van der Waals surface area contributed by atoms with E-state index in [1.807, 2.05) is 0 Å². The predicted molar refractivity (Wildman–Crippen MR) is 65.6 cm³/mol. The number of nitrogens with zero attached hydrogens (tertiary/aromatic N) is 1. The first kappa shape index (κ1) is 12.3. The Labute approximate surface area is 104 Å². The van der Waals surface area contributed by atoms with Crippen molar-refractivity contribution in [1.29, 1.82) is 5.26 Å². The van der Waals surface area contributed by atoms with Gasteiger partial charge in [-0.2, -0.15) is 5.26 Å². The summed E-state index contributed by atoms with van der Waals surface area (Å²) in [5, 5.41) is 19.7. The molecule has 0 saturated carbocycles. The van der Waals surface area contributed by atoms with Gasteiger partial charge in [0, 0.05) is 5.39 Å². The van der Waals surface area contributed by atoms with E-state index in [0.717, 1.165) is 0 Å². The summed E-state index contributed by atoms with van der Waals surface area (Å²) in [5.41, 5.74) is -1.15. The number of rotatable bonds is 2. The molecule has 2 aromatic carbocycles. The molecule has 0 heterocycles. The molecule has 0 radical (unpaired) electrons. The minimum atomic E-state index is -1.58. The summed E-state index contributed by atoms with van der Waals surface area (Å²) in [7, 11) is 1.40. The Hall–Kier alpha value is -2.12. The number of ether oxygens (including phenoxy) is 1. The Kier molecular flexibility index (Phi) is 2.93. The second kappa shape index (κ2) is 4.28. The van der Waals surface area contributed by atoms with Crippen LogP contribution in [0.1, 0.15) is 12.5 Å². The van der Waals surface area contributed by atoms with E-state index >= 15 is 0 Å². The molecule has 0 aromatic heterocycles. The molecule has 1 N–H and O–H groups in total. The van der Waals surface area contributed by atoms with Crippen LogP contribution in [0.5, 0.6) is 5.75 Å². The third-order valence-corrected chi connectivity index (χ3v) is 2.92. The van der Waals surface area contributed by atoms with E-state index in [1.165, 1.54) is 32.2 Å². The molecule has 1 unspecified atom stereocenters. The van der Waals surface area contributed by atoms with Crippen molar-refractivity contribution < 1.29 is 14.2 Å². The molecular formula is C14H12FNO2. The molecule has 92 valence electrons. The summed E-state index contributed by atoms with van der Waals surface area (Å²) in [5.74, 6) is -0.277. The van der Waals surface area contributed by atoms with Crippen molar-refractivity contribution in [1.82, 2.24) is 0 Å². The van der Waals surface area contributed by atoms with Crippen molar-refractivity contribution in [3.8, 4) is 11.8 Å². The van der Waals surface area contributed by atoms with Crippen molar-refractivity contribution in [2.45, 2.75) is 12.5 Å². The fourth-order valence-electron chi connectivity index (χ4n) is 1.80. The Balaban J connectivity index is 2.66. The molecule has 1 atom stereocenters. The van der Waals surface area contributed by atoms with Crippen LogP contribution in [0.25, 0.3) is 10.8 Å². The number of fused-ring (bicyclic) bond motifs is 1. The molecule has 3 nitrogen and oxygen atoms in total. The fraction of sp³-hybridized carbons (Fsp3) is 0.214. The van der Waals surface area contributed by atoms with Gasteiger partial charge < -0.3 is 9.84 Å². The first-order valence-corrected chi connectivity index (χ1v) is 5.40. The Bertz CT molecular complexity index is 644. The maximum Gasteiger partial charge on any atom is 0.173 e. The third kappa shape index (κ3) is 1.89. The number of hydrogen-bond acceptors (Lipinski definition) is 3. The summed E-state index contributed by atoms with van der Waals surface area (Å²) in [6, 6.07) is 9.67. The normalized spacial score (nSPS) is 13.9. The van der Waals surface area contributed by atoms with Crippen LogP contribution in [-0.4, -0.2) is 12.2 Å². The van der Waals surface area contributed by atoms with Crippen molar-refractivity contribution in [2.75, 3.05) is 7.11 Å². The number of nitriles is 1. The van der Waals surface area contributed by atoms with Gasteiger partial charge in [0.05, 0.1) is 7.11 Å². The molecule has 2 rings (SSSR count). The van der Waals surface area contributed by atoms with Crippen LogP contribution in [0.4, 0.5) is 4.39 Å². The van der Waals surface area contributed by atoms with Crippen LogP contribution in [0.3, 0.4) is 0 Å². The third-order valence-electron chi connectivity index (χ3n) is 2.92. The van der Waals surface area contributed by atoms with E-state index in [4.69, 9.17) is 10.00 Å². The Morgan fingerprint density at radius 3 is 2.67 bits per heavy atom. The maximum atomic E-state index is 13.9. The molecule has 0 saturated heterocycles. The predicted octanol–water partition coefficient (Wildman–Crippen LogP) is 2.72. The van der Waals surface area contributed by atoms with E-state index in [2.05, 4.69) is 0 Å². The van der Waals surface area contributed by atoms with E-state index in [0.29, 0.717) is 16.3 Å². The highest BCUT2D eigenvalue weighted by Crippen LogP contribution is 2.29. The van der Waals surface area contributed by atoms with Gasteiger partial charge in [0.1, 0.15) is 6.07 Å². The lowest BCUT2D eigenvalue weighted by Crippen LogP contribution is -2.17. The van der Waals surface area contributed by atoms with Gasteiger partial charge >= 0.3 is 0 Å². The van der Waals surface area contributed by atoms with Gasteiger partial charge in [0.15, 0.2) is 17.2 Å². The van der Waals surface area contributed by atoms with Gasteiger partial charge in [-0.05, 0) is 30.0 Å². The molecule has 18 heavy (non-hydrogen) atoms. The molecule has 0 aliphatic carbocycles.